The van der Waals surface area contributed by atoms with Gasteiger partial charge in [0.25, 0.3) is 5.91 Å². The lowest BCUT2D eigenvalue weighted by Gasteiger charge is -2.13. The van der Waals surface area contributed by atoms with Crippen molar-refractivity contribution in [3.8, 4) is 0 Å². The number of hydrogen-bond acceptors (Lipinski definition) is 3. The Labute approximate surface area is 112 Å². The highest BCUT2D eigenvalue weighted by molar-refractivity contribution is 6.12. The lowest BCUT2D eigenvalue weighted by atomic mass is 10.2. The minimum Gasteiger partial charge on any atom is -0.318 e. The van der Waals surface area contributed by atoms with Crippen LogP contribution in [0.25, 0.3) is 0 Å². The summed E-state index contributed by atoms with van der Waals surface area (Å²) < 4.78 is 36.2. The number of benzene rings is 1. The van der Waals surface area contributed by atoms with Crippen LogP contribution in [0.2, 0.25) is 0 Å². The van der Waals surface area contributed by atoms with E-state index in [1.807, 2.05) is 0 Å². The Morgan fingerprint density at radius 2 is 1.90 bits per heavy atom. The Bertz CT molecular complexity index is 579. The monoisotopic (exact) mass is 285 g/mol. The zero-order valence-electron chi connectivity index (χ0n) is 10.4. The van der Waals surface area contributed by atoms with E-state index in [2.05, 4.69) is 5.10 Å². The van der Waals surface area contributed by atoms with E-state index in [4.69, 9.17) is 0 Å². The minimum atomic E-state index is -4.94. The first-order valence-electron chi connectivity index (χ1n) is 5.62. The van der Waals surface area contributed by atoms with Gasteiger partial charge in [0.1, 0.15) is 0 Å². The number of amides is 2. The number of nitrogens with one attached hydrogen (secondary N) is 1. The molecule has 0 atom stereocenters. The van der Waals surface area contributed by atoms with Crippen molar-refractivity contribution in [3.05, 3.63) is 24.3 Å². The number of carbonyl (C=O) groups is 2. The Morgan fingerprint density at radius 1 is 1.30 bits per heavy atom. The van der Waals surface area contributed by atoms with Crippen LogP contribution in [0.5, 0.6) is 0 Å². The summed E-state index contributed by atoms with van der Waals surface area (Å²) in [4.78, 5) is 22.3. The molecule has 2 rings (SSSR count). The molecule has 0 fully saturated rings. The molecular weight excluding hydrogens is 275 g/mol. The molecule has 1 N–H and O–H groups in total. The van der Waals surface area contributed by atoms with Crippen LogP contribution in [0.15, 0.2) is 29.4 Å². The lowest BCUT2D eigenvalue weighted by molar-refractivity contribution is -0.167. The number of halogens is 3. The molecule has 0 spiro atoms. The molecule has 0 unspecified atom stereocenters. The maximum Gasteiger partial charge on any atom is 0.471 e. The molecule has 1 aliphatic heterocycles. The Morgan fingerprint density at radius 3 is 2.35 bits per heavy atom. The van der Waals surface area contributed by atoms with Gasteiger partial charge >= 0.3 is 12.1 Å². The van der Waals surface area contributed by atoms with Gasteiger partial charge in [-0.1, -0.05) is 0 Å². The second kappa shape index (κ2) is 4.95. The zero-order valence-corrected chi connectivity index (χ0v) is 10.4. The van der Waals surface area contributed by atoms with E-state index < -0.39 is 12.1 Å². The first kappa shape index (κ1) is 14.0. The standard InChI is InChI=1S/C12H10F3N3O2/c1-7-6-10(19)18(17-7)9-4-2-8(3-5-9)16-11(20)12(13,14)15/h2-5H,6H2,1H3,(H,16,20). The predicted octanol–water partition coefficient (Wildman–Crippen LogP) is 2.30. The van der Waals surface area contributed by atoms with Crippen molar-refractivity contribution >= 4 is 28.9 Å². The van der Waals surface area contributed by atoms with Gasteiger partial charge in [0.05, 0.1) is 12.1 Å². The highest BCUT2D eigenvalue weighted by atomic mass is 19.4. The van der Waals surface area contributed by atoms with Gasteiger partial charge in [-0.25, -0.2) is 5.01 Å². The number of anilines is 2. The van der Waals surface area contributed by atoms with E-state index in [0.29, 0.717) is 11.4 Å². The van der Waals surface area contributed by atoms with Crippen molar-refractivity contribution in [2.75, 3.05) is 10.3 Å². The van der Waals surface area contributed by atoms with E-state index in [1.165, 1.54) is 29.3 Å². The quantitative estimate of drug-likeness (QED) is 0.906. The van der Waals surface area contributed by atoms with Crippen molar-refractivity contribution in [2.45, 2.75) is 19.5 Å². The largest absolute Gasteiger partial charge is 0.471 e. The smallest absolute Gasteiger partial charge is 0.318 e. The van der Waals surface area contributed by atoms with Crippen LogP contribution in [0, 0.1) is 0 Å². The summed E-state index contributed by atoms with van der Waals surface area (Å²) in [5.41, 5.74) is 1.07. The third-order valence-electron chi connectivity index (χ3n) is 2.54. The summed E-state index contributed by atoms with van der Waals surface area (Å²) in [7, 11) is 0. The molecule has 8 heteroatoms. The molecule has 106 valence electrons. The van der Waals surface area contributed by atoms with Crippen molar-refractivity contribution in [3.63, 3.8) is 0 Å². The molecule has 2 amide bonds. The van der Waals surface area contributed by atoms with E-state index in [0.717, 1.165) is 0 Å². The molecular formula is C12H10F3N3O2. The fraction of sp³-hybridized carbons (Fsp3) is 0.250. The van der Waals surface area contributed by atoms with Gasteiger partial charge in [0, 0.05) is 11.4 Å². The normalized spacial score (nSPS) is 15.3. The molecule has 0 aliphatic carbocycles. The van der Waals surface area contributed by atoms with Gasteiger partial charge in [0.2, 0.25) is 0 Å². The second-order valence-corrected chi connectivity index (χ2v) is 4.22. The van der Waals surface area contributed by atoms with Crippen molar-refractivity contribution in [1.82, 2.24) is 0 Å². The Balaban J connectivity index is 2.11. The maximum absolute atomic E-state index is 12.1. The predicted molar refractivity (Wildman–Crippen MR) is 66.3 cm³/mol. The Kier molecular flexibility index (Phi) is 3.47. The summed E-state index contributed by atoms with van der Waals surface area (Å²) >= 11 is 0. The highest BCUT2D eigenvalue weighted by Crippen LogP contribution is 2.24. The van der Waals surface area contributed by atoms with E-state index in [-0.39, 0.29) is 18.0 Å². The van der Waals surface area contributed by atoms with Crippen LogP contribution in [-0.2, 0) is 9.59 Å². The van der Waals surface area contributed by atoms with Gasteiger partial charge < -0.3 is 5.32 Å². The highest BCUT2D eigenvalue weighted by Gasteiger charge is 2.38. The molecule has 0 bridgehead atoms. The van der Waals surface area contributed by atoms with Gasteiger partial charge in [-0.2, -0.15) is 18.3 Å². The molecule has 0 saturated heterocycles. The van der Waals surface area contributed by atoms with Crippen LogP contribution in [0.1, 0.15) is 13.3 Å². The lowest BCUT2D eigenvalue weighted by Crippen LogP contribution is -2.29. The molecule has 20 heavy (non-hydrogen) atoms. The van der Waals surface area contributed by atoms with Crippen LogP contribution in [0.4, 0.5) is 24.5 Å². The third kappa shape index (κ3) is 2.95. The molecule has 1 aromatic rings. The van der Waals surface area contributed by atoms with Crippen molar-refractivity contribution < 1.29 is 22.8 Å². The number of carbonyl (C=O) groups excluding carboxylic acids is 2. The fourth-order valence-corrected chi connectivity index (χ4v) is 1.65. The number of hydrazone groups is 1. The SMILES string of the molecule is CC1=NN(c2ccc(NC(=O)C(F)(F)F)cc2)C(=O)C1. The number of rotatable bonds is 2. The molecule has 1 heterocycles. The topological polar surface area (TPSA) is 61.8 Å². The number of alkyl halides is 3. The number of hydrogen-bond donors (Lipinski definition) is 1. The molecule has 1 aliphatic rings. The van der Waals surface area contributed by atoms with Gasteiger partial charge in [-0.15, -0.1) is 0 Å². The molecule has 0 aromatic heterocycles. The summed E-state index contributed by atoms with van der Waals surface area (Å²) in [5.74, 6) is -2.26. The van der Waals surface area contributed by atoms with E-state index in [9.17, 15) is 22.8 Å². The summed E-state index contributed by atoms with van der Waals surface area (Å²) in [6.07, 6.45) is -4.72. The average molecular weight is 285 g/mol. The molecule has 5 nitrogen and oxygen atoms in total. The van der Waals surface area contributed by atoms with E-state index >= 15 is 0 Å². The molecule has 1 aromatic carbocycles. The van der Waals surface area contributed by atoms with Crippen LogP contribution < -0.4 is 10.3 Å². The summed E-state index contributed by atoms with van der Waals surface area (Å²) in [6, 6.07) is 5.36. The van der Waals surface area contributed by atoms with Crippen LogP contribution >= 0.6 is 0 Å². The Hall–Kier alpha value is -2.38. The van der Waals surface area contributed by atoms with Gasteiger partial charge in [-0.05, 0) is 31.2 Å². The number of nitrogens with zero attached hydrogens (tertiary/aromatic N) is 2. The average Bonchev–Trinajstić information content (AvgIpc) is 2.68. The van der Waals surface area contributed by atoms with Crippen molar-refractivity contribution in [1.29, 1.82) is 0 Å². The van der Waals surface area contributed by atoms with E-state index in [1.54, 1.807) is 12.2 Å². The van der Waals surface area contributed by atoms with Gasteiger partial charge in [-0.3, -0.25) is 9.59 Å². The van der Waals surface area contributed by atoms with Gasteiger partial charge in [0.15, 0.2) is 0 Å². The zero-order chi connectivity index (χ0) is 14.9. The second-order valence-electron chi connectivity index (χ2n) is 4.22. The fourth-order valence-electron chi connectivity index (χ4n) is 1.65. The summed E-state index contributed by atoms with van der Waals surface area (Å²) in [6.45, 7) is 1.70. The first-order valence-corrected chi connectivity index (χ1v) is 5.62. The third-order valence-corrected chi connectivity index (χ3v) is 2.54. The minimum absolute atomic E-state index is 0.0107. The maximum atomic E-state index is 12.1. The molecule has 0 saturated carbocycles. The molecule has 0 radical (unpaired) electrons. The first-order chi connectivity index (χ1) is 9.27. The van der Waals surface area contributed by atoms with Crippen LogP contribution in [0.3, 0.4) is 0 Å². The summed E-state index contributed by atoms with van der Waals surface area (Å²) in [5, 5.41) is 6.89. The van der Waals surface area contributed by atoms with Crippen molar-refractivity contribution in [2.24, 2.45) is 5.10 Å². The van der Waals surface area contributed by atoms with Crippen LogP contribution in [-0.4, -0.2) is 23.7 Å².